The van der Waals surface area contributed by atoms with Crippen LogP contribution >= 0.6 is 0 Å². The summed E-state index contributed by atoms with van der Waals surface area (Å²) in [6.07, 6.45) is 0. The molecule has 0 N–H and O–H groups in total. The molecule has 0 saturated carbocycles. The highest BCUT2D eigenvalue weighted by Crippen LogP contribution is 2.48. The molecule has 0 atom stereocenters. The lowest BCUT2D eigenvalue weighted by molar-refractivity contribution is 1.57. The minimum absolute atomic E-state index is 1.20. The summed E-state index contributed by atoms with van der Waals surface area (Å²) in [7, 11) is 0. The summed E-state index contributed by atoms with van der Waals surface area (Å²) in [5.41, 5.74) is 14.6. The van der Waals surface area contributed by atoms with E-state index >= 15 is 0 Å². The minimum atomic E-state index is 1.20. The summed E-state index contributed by atoms with van der Waals surface area (Å²) in [5.74, 6) is 0. The lowest BCUT2D eigenvalue weighted by Crippen LogP contribution is -1.94. The van der Waals surface area contributed by atoms with E-state index in [1.165, 1.54) is 99.1 Å². The van der Waals surface area contributed by atoms with Gasteiger partial charge < -0.3 is 0 Å². The van der Waals surface area contributed by atoms with Gasteiger partial charge in [-0.05, 0) is 135 Å². The van der Waals surface area contributed by atoms with Crippen LogP contribution in [0.4, 0.5) is 0 Å². The lowest BCUT2D eigenvalue weighted by atomic mass is 9.81. The fraction of sp³-hybridized carbons (Fsp3) is 0. The van der Waals surface area contributed by atoms with Gasteiger partial charge in [0.2, 0.25) is 0 Å². The van der Waals surface area contributed by atoms with Crippen molar-refractivity contribution in [3.05, 3.63) is 218 Å². The van der Waals surface area contributed by atoms with Gasteiger partial charge in [-0.25, -0.2) is 0 Å². The summed E-state index contributed by atoms with van der Waals surface area (Å²) in [5, 5.41) is 7.45. The number of hydrogen-bond donors (Lipinski definition) is 0. The standard InChI is InChI=1S/C54H36/c1-5-17-37(18-6-1)43-29-30-49(50(34-43)40-23-11-4-12-24-40)54-48-28-16-15-27-47(48)53(51-35-41-25-13-14-26-42(41)36-52(51)54)46-32-44(38-19-7-2-8-20-38)31-45(33-46)39-21-9-3-10-22-39/h1-36H. The Morgan fingerprint density at radius 3 is 1.13 bits per heavy atom. The number of rotatable bonds is 6. The predicted octanol–water partition coefficient (Wildman–Crippen LogP) is 15.1. The Kier molecular flexibility index (Phi) is 7.93. The van der Waals surface area contributed by atoms with Gasteiger partial charge in [0, 0.05) is 0 Å². The molecular weight excluding hydrogens is 649 g/mol. The largest absolute Gasteiger partial charge is 0.0622 e. The van der Waals surface area contributed by atoms with Crippen LogP contribution in [-0.4, -0.2) is 0 Å². The Hall–Kier alpha value is -7.02. The Bertz CT molecular complexity index is 2890. The van der Waals surface area contributed by atoms with Crippen molar-refractivity contribution in [2.45, 2.75) is 0 Å². The summed E-state index contributed by atoms with van der Waals surface area (Å²) < 4.78 is 0. The highest BCUT2D eigenvalue weighted by atomic mass is 14.2. The fourth-order valence-corrected chi connectivity index (χ4v) is 8.26. The van der Waals surface area contributed by atoms with Crippen LogP contribution in [0.3, 0.4) is 0 Å². The van der Waals surface area contributed by atoms with Crippen LogP contribution < -0.4 is 0 Å². The SMILES string of the molecule is c1ccc(-c2cc(-c3ccccc3)cc(-c3c4ccccc4c(-c4ccc(-c5ccccc5)cc4-c4ccccc4)c4cc5ccccc5cc34)c2)cc1. The van der Waals surface area contributed by atoms with Gasteiger partial charge in [0.1, 0.15) is 0 Å². The lowest BCUT2D eigenvalue weighted by Gasteiger charge is -2.22. The maximum Gasteiger partial charge on any atom is -0.00199 e. The average Bonchev–Trinajstić information content (AvgIpc) is 3.26. The van der Waals surface area contributed by atoms with E-state index in [1.807, 2.05) is 0 Å². The van der Waals surface area contributed by atoms with Crippen molar-refractivity contribution in [1.29, 1.82) is 0 Å². The predicted molar refractivity (Wildman–Crippen MR) is 232 cm³/mol. The Morgan fingerprint density at radius 1 is 0.185 bits per heavy atom. The quantitative estimate of drug-likeness (QED) is 0.153. The molecule has 0 aliphatic rings. The van der Waals surface area contributed by atoms with Crippen LogP contribution in [0.15, 0.2) is 218 Å². The molecule has 0 spiro atoms. The van der Waals surface area contributed by atoms with Gasteiger partial charge in [-0.2, -0.15) is 0 Å². The molecule has 0 bridgehead atoms. The maximum absolute atomic E-state index is 2.43. The van der Waals surface area contributed by atoms with Crippen molar-refractivity contribution in [3.63, 3.8) is 0 Å². The molecule has 0 aliphatic carbocycles. The van der Waals surface area contributed by atoms with Crippen molar-refractivity contribution >= 4 is 32.3 Å². The third-order valence-corrected chi connectivity index (χ3v) is 10.8. The molecule has 10 rings (SSSR count). The van der Waals surface area contributed by atoms with Crippen molar-refractivity contribution in [2.24, 2.45) is 0 Å². The van der Waals surface area contributed by atoms with Crippen molar-refractivity contribution < 1.29 is 0 Å². The van der Waals surface area contributed by atoms with Crippen LogP contribution in [0.1, 0.15) is 0 Å². The van der Waals surface area contributed by atoms with Crippen molar-refractivity contribution in [2.75, 3.05) is 0 Å². The highest BCUT2D eigenvalue weighted by molar-refractivity contribution is 6.24. The van der Waals surface area contributed by atoms with Gasteiger partial charge in [-0.15, -0.1) is 0 Å². The monoisotopic (exact) mass is 684 g/mol. The highest BCUT2D eigenvalue weighted by Gasteiger charge is 2.21. The molecule has 0 nitrogen and oxygen atoms in total. The molecular formula is C54H36. The molecule has 0 unspecified atom stereocenters. The number of benzene rings is 10. The number of hydrogen-bond acceptors (Lipinski definition) is 0. The second-order valence-electron chi connectivity index (χ2n) is 14.1. The zero-order valence-corrected chi connectivity index (χ0v) is 29.8. The van der Waals surface area contributed by atoms with Crippen molar-refractivity contribution in [1.82, 2.24) is 0 Å². The van der Waals surface area contributed by atoms with E-state index < -0.39 is 0 Å². The molecule has 0 fully saturated rings. The first kappa shape index (κ1) is 31.7. The van der Waals surface area contributed by atoms with Gasteiger partial charge in [0.15, 0.2) is 0 Å². The second kappa shape index (κ2) is 13.5. The van der Waals surface area contributed by atoms with Crippen LogP contribution in [0.25, 0.3) is 99.1 Å². The van der Waals surface area contributed by atoms with E-state index in [0.29, 0.717) is 0 Å². The molecule has 10 aromatic carbocycles. The zero-order chi connectivity index (χ0) is 35.8. The van der Waals surface area contributed by atoms with Crippen LogP contribution in [0.2, 0.25) is 0 Å². The molecule has 10 aromatic rings. The second-order valence-corrected chi connectivity index (χ2v) is 14.1. The van der Waals surface area contributed by atoms with Gasteiger partial charge in [0.05, 0.1) is 0 Å². The Balaban J connectivity index is 1.33. The number of fused-ring (bicyclic) bond motifs is 3. The smallest absolute Gasteiger partial charge is 0.00199 e. The first-order chi connectivity index (χ1) is 26.8. The van der Waals surface area contributed by atoms with Crippen LogP contribution in [-0.2, 0) is 0 Å². The third-order valence-electron chi connectivity index (χ3n) is 10.8. The Labute approximate surface area is 316 Å². The summed E-state index contributed by atoms with van der Waals surface area (Å²) in [6.45, 7) is 0. The van der Waals surface area contributed by atoms with Gasteiger partial charge in [0.25, 0.3) is 0 Å². The molecule has 0 saturated heterocycles. The molecule has 0 aliphatic heterocycles. The molecule has 0 heteroatoms. The van der Waals surface area contributed by atoms with Crippen LogP contribution in [0, 0.1) is 0 Å². The normalized spacial score (nSPS) is 11.3. The average molecular weight is 685 g/mol. The van der Waals surface area contributed by atoms with E-state index in [1.54, 1.807) is 0 Å². The maximum atomic E-state index is 2.43. The van der Waals surface area contributed by atoms with Gasteiger partial charge in [-0.1, -0.05) is 182 Å². The topological polar surface area (TPSA) is 0 Å². The summed E-state index contributed by atoms with van der Waals surface area (Å²) in [6, 6.07) is 79.9. The Morgan fingerprint density at radius 2 is 0.593 bits per heavy atom. The molecule has 54 heavy (non-hydrogen) atoms. The minimum Gasteiger partial charge on any atom is -0.0622 e. The first-order valence-corrected chi connectivity index (χ1v) is 18.7. The fourth-order valence-electron chi connectivity index (χ4n) is 8.26. The van der Waals surface area contributed by atoms with Gasteiger partial charge >= 0.3 is 0 Å². The molecule has 0 radical (unpaired) electrons. The van der Waals surface area contributed by atoms with E-state index in [0.717, 1.165) is 0 Å². The van der Waals surface area contributed by atoms with E-state index in [2.05, 4.69) is 218 Å². The molecule has 0 amide bonds. The van der Waals surface area contributed by atoms with Gasteiger partial charge in [-0.3, -0.25) is 0 Å². The van der Waals surface area contributed by atoms with Crippen LogP contribution in [0.5, 0.6) is 0 Å². The van der Waals surface area contributed by atoms with E-state index in [9.17, 15) is 0 Å². The summed E-state index contributed by atoms with van der Waals surface area (Å²) in [4.78, 5) is 0. The first-order valence-electron chi connectivity index (χ1n) is 18.7. The molecule has 0 aromatic heterocycles. The third kappa shape index (κ3) is 5.66. The summed E-state index contributed by atoms with van der Waals surface area (Å²) >= 11 is 0. The van der Waals surface area contributed by atoms with E-state index in [-0.39, 0.29) is 0 Å². The zero-order valence-electron chi connectivity index (χ0n) is 29.8. The van der Waals surface area contributed by atoms with E-state index in [4.69, 9.17) is 0 Å². The molecule has 252 valence electrons. The van der Waals surface area contributed by atoms with Crippen molar-refractivity contribution in [3.8, 4) is 66.8 Å². The molecule has 0 heterocycles.